The minimum absolute atomic E-state index is 0.0615. The molecule has 1 aromatic heterocycles. The molecule has 0 radical (unpaired) electrons. The van der Waals surface area contributed by atoms with Gasteiger partial charge in [0.2, 0.25) is 11.8 Å². The smallest absolute Gasteiger partial charge is 0.242 e. The fourth-order valence-electron chi connectivity index (χ4n) is 4.70. The van der Waals surface area contributed by atoms with Gasteiger partial charge in [0, 0.05) is 24.7 Å². The van der Waals surface area contributed by atoms with E-state index in [9.17, 15) is 9.59 Å². The molecule has 1 atom stereocenters. The van der Waals surface area contributed by atoms with Crippen molar-refractivity contribution in [2.24, 2.45) is 0 Å². The monoisotopic (exact) mass is 416 g/mol. The number of aromatic nitrogens is 2. The average molecular weight is 416 g/mol. The first-order valence-electron chi connectivity index (χ1n) is 10.3. The molecular formula is C24H24N4O3. The van der Waals surface area contributed by atoms with E-state index in [1.807, 2.05) is 30.3 Å². The molecule has 2 aromatic carbocycles. The molecule has 0 aliphatic carbocycles. The standard InChI is InChI=1S/C24H24N4O3/c1-14(2)15-5-10-20-18(11-15)24(23(30)27(20)3)12-21(29)26-22-19(24)13-25-28(22)16-6-8-17(31-4)9-7-16/h5-11,13-14H,12H2,1-4H3,(H,26,29)/t24-/m1/s1. The van der Waals surface area contributed by atoms with E-state index in [0.717, 1.165) is 33.8 Å². The van der Waals surface area contributed by atoms with Crippen molar-refractivity contribution >= 4 is 23.3 Å². The van der Waals surface area contributed by atoms with Gasteiger partial charge in [-0.05, 0) is 47.4 Å². The lowest BCUT2D eigenvalue weighted by molar-refractivity contribution is -0.126. The number of nitrogens with zero attached hydrogens (tertiary/aromatic N) is 3. The predicted octanol–water partition coefficient (Wildman–Crippen LogP) is 3.61. The minimum atomic E-state index is -1.07. The molecule has 7 nitrogen and oxygen atoms in total. The van der Waals surface area contributed by atoms with Crippen molar-refractivity contribution in [1.82, 2.24) is 9.78 Å². The molecule has 0 saturated heterocycles. The lowest BCUT2D eigenvalue weighted by Gasteiger charge is -2.32. The van der Waals surface area contributed by atoms with E-state index < -0.39 is 5.41 Å². The van der Waals surface area contributed by atoms with Crippen molar-refractivity contribution < 1.29 is 14.3 Å². The Labute approximate surface area is 180 Å². The van der Waals surface area contributed by atoms with Gasteiger partial charge < -0.3 is 15.0 Å². The maximum atomic E-state index is 13.7. The third-order valence-electron chi connectivity index (χ3n) is 6.41. The summed E-state index contributed by atoms with van der Waals surface area (Å²) in [5, 5.41) is 7.51. The Hall–Kier alpha value is -3.61. The highest BCUT2D eigenvalue weighted by Crippen LogP contribution is 2.52. The van der Waals surface area contributed by atoms with Gasteiger partial charge in [-0.3, -0.25) is 9.59 Å². The third kappa shape index (κ3) is 2.62. The van der Waals surface area contributed by atoms with Crippen LogP contribution in [0.25, 0.3) is 5.69 Å². The molecule has 0 saturated carbocycles. The molecule has 5 rings (SSSR count). The Morgan fingerprint density at radius 1 is 1.10 bits per heavy atom. The SMILES string of the molecule is COc1ccc(-n2ncc3c2NC(=O)C[C@]32C(=O)N(C)c3ccc(C(C)C)cc32)cc1. The first-order chi connectivity index (χ1) is 14.9. The number of hydrogen-bond donors (Lipinski definition) is 1. The van der Waals surface area contributed by atoms with Crippen LogP contribution in [0.15, 0.2) is 48.7 Å². The molecule has 0 fully saturated rings. The second-order valence-electron chi connectivity index (χ2n) is 8.44. The van der Waals surface area contributed by atoms with Crippen molar-refractivity contribution in [1.29, 1.82) is 0 Å². The van der Waals surface area contributed by atoms with Gasteiger partial charge in [0.15, 0.2) is 0 Å². The molecule has 0 bridgehead atoms. The zero-order chi connectivity index (χ0) is 21.9. The zero-order valence-electron chi connectivity index (χ0n) is 18.0. The highest BCUT2D eigenvalue weighted by atomic mass is 16.5. The summed E-state index contributed by atoms with van der Waals surface area (Å²) in [5.41, 5.74) is 3.27. The molecule has 0 unspecified atom stereocenters. The lowest BCUT2D eigenvalue weighted by atomic mass is 9.71. The number of carbonyl (C=O) groups is 2. The summed E-state index contributed by atoms with van der Waals surface area (Å²) in [6.45, 7) is 4.24. The quantitative estimate of drug-likeness (QED) is 0.708. The van der Waals surface area contributed by atoms with Crippen LogP contribution in [0.5, 0.6) is 5.75 Å². The maximum Gasteiger partial charge on any atom is 0.242 e. The molecule has 2 amide bonds. The van der Waals surface area contributed by atoms with Crippen molar-refractivity contribution in [3.63, 3.8) is 0 Å². The van der Waals surface area contributed by atoms with Gasteiger partial charge in [-0.1, -0.05) is 26.0 Å². The number of amides is 2. The van der Waals surface area contributed by atoms with Gasteiger partial charge in [-0.2, -0.15) is 5.10 Å². The summed E-state index contributed by atoms with van der Waals surface area (Å²) >= 11 is 0. The van der Waals surface area contributed by atoms with E-state index in [-0.39, 0.29) is 18.2 Å². The molecule has 158 valence electrons. The van der Waals surface area contributed by atoms with Gasteiger partial charge in [0.1, 0.15) is 17.0 Å². The highest BCUT2D eigenvalue weighted by molar-refractivity contribution is 6.15. The van der Waals surface area contributed by atoms with Crippen LogP contribution in [0.3, 0.4) is 0 Å². The first kappa shape index (κ1) is 19.4. The minimum Gasteiger partial charge on any atom is -0.497 e. The molecule has 2 aliphatic heterocycles. The van der Waals surface area contributed by atoms with Crippen LogP contribution in [0, 0.1) is 0 Å². The first-order valence-corrected chi connectivity index (χ1v) is 10.3. The van der Waals surface area contributed by atoms with E-state index >= 15 is 0 Å². The molecule has 3 aromatic rings. The maximum absolute atomic E-state index is 13.7. The second-order valence-corrected chi connectivity index (χ2v) is 8.44. The van der Waals surface area contributed by atoms with Gasteiger partial charge in [-0.15, -0.1) is 0 Å². The largest absolute Gasteiger partial charge is 0.497 e. The number of rotatable bonds is 3. The Morgan fingerprint density at radius 2 is 1.84 bits per heavy atom. The van der Waals surface area contributed by atoms with Crippen molar-refractivity contribution in [3.05, 3.63) is 65.4 Å². The van der Waals surface area contributed by atoms with E-state index in [4.69, 9.17) is 4.74 Å². The van der Waals surface area contributed by atoms with Crippen molar-refractivity contribution in [2.45, 2.75) is 31.6 Å². The normalized spacial score (nSPS) is 19.6. The molecule has 1 spiro atoms. The van der Waals surface area contributed by atoms with Gasteiger partial charge in [-0.25, -0.2) is 4.68 Å². The fourth-order valence-corrected chi connectivity index (χ4v) is 4.70. The summed E-state index contributed by atoms with van der Waals surface area (Å²) < 4.78 is 6.91. The number of carbonyl (C=O) groups excluding carboxylic acids is 2. The van der Waals surface area contributed by atoms with Crippen LogP contribution in [0.4, 0.5) is 11.5 Å². The Kier molecular flexibility index (Phi) is 4.18. The Bertz CT molecular complexity index is 1210. The number of ether oxygens (including phenoxy) is 1. The fraction of sp³-hybridized carbons (Fsp3) is 0.292. The highest BCUT2D eigenvalue weighted by Gasteiger charge is 2.56. The van der Waals surface area contributed by atoms with E-state index in [1.165, 1.54) is 0 Å². The van der Waals surface area contributed by atoms with Crippen LogP contribution in [-0.2, 0) is 15.0 Å². The summed E-state index contributed by atoms with van der Waals surface area (Å²) in [6.07, 6.45) is 1.77. The molecule has 31 heavy (non-hydrogen) atoms. The number of benzene rings is 2. The number of nitrogens with one attached hydrogen (secondary N) is 1. The predicted molar refractivity (Wildman–Crippen MR) is 118 cm³/mol. The topological polar surface area (TPSA) is 76.5 Å². The third-order valence-corrected chi connectivity index (χ3v) is 6.41. The Morgan fingerprint density at radius 3 is 2.52 bits per heavy atom. The van der Waals surface area contributed by atoms with Gasteiger partial charge in [0.05, 0.1) is 19.0 Å². The van der Waals surface area contributed by atoms with E-state index in [0.29, 0.717) is 11.7 Å². The number of fused-ring (bicyclic) bond motifs is 4. The number of methoxy groups -OCH3 is 1. The molecule has 3 heterocycles. The Balaban J connectivity index is 1.73. The molecular weight excluding hydrogens is 392 g/mol. The summed E-state index contributed by atoms with van der Waals surface area (Å²) in [5.74, 6) is 1.27. The van der Waals surface area contributed by atoms with Crippen LogP contribution in [-0.4, -0.2) is 35.8 Å². The molecule has 2 aliphatic rings. The lowest BCUT2D eigenvalue weighted by Crippen LogP contribution is -2.45. The number of anilines is 2. The summed E-state index contributed by atoms with van der Waals surface area (Å²) in [7, 11) is 3.38. The zero-order valence-corrected chi connectivity index (χ0v) is 18.0. The van der Waals surface area contributed by atoms with Crippen LogP contribution in [0.2, 0.25) is 0 Å². The van der Waals surface area contributed by atoms with Crippen molar-refractivity contribution in [3.8, 4) is 11.4 Å². The van der Waals surface area contributed by atoms with E-state index in [1.54, 1.807) is 29.9 Å². The van der Waals surface area contributed by atoms with Crippen LogP contribution in [0.1, 0.15) is 42.9 Å². The number of hydrogen-bond acceptors (Lipinski definition) is 4. The van der Waals surface area contributed by atoms with Crippen LogP contribution < -0.4 is 15.0 Å². The number of likely N-dealkylation sites (N-methyl/N-ethyl adjacent to an activating group) is 1. The second kappa shape index (κ2) is 6.70. The van der Waals surface area contributed by atoms with E-state index in [2.05, 4.69) is 36.4 Å². The summed E-state index contributed by atoms with van der Waals surface area (Å²) in [6, 6.07) is 13.5. The average Bonchev–Trinajstić information content (AvgIpc) is 3.28. The van der Waals surface area contributed by atoms with Crippen molar-refractivity contribution in [2.75, 3.05) is 24.4 Å². The van der Waals surface area contributed by atoms with Crippen LogP contribution >= 0.6 is 0 Å². The molecule has 1 N–H and O–H groups in total. The van der Waals surface area contributed by atoms with Gasteiger partial charge >= 0.3 is 0 Å². The van der Waals surface area contributed by atoms with Gasteiger partial charge in [0.25, 0.3) is 0 Å². The molecule has 7 heteroatoms. The summed E-state index contributed by atoms with van der Waals surface area (Å²) in [4.78, 5) is 28.2.